The molecule has 1 fully saturated rings. The van der Waals surface area contributed by atoms with Crippen LogP contribution in [0.15, 0.2) is 54.9 Å². The van der Waals surface area contributed by atoms with E-state index in [2.05, 4.69) is 45.9 Å². The van der Waals surface area contributed by atoms with Gasteiger partial charge in [-0.05, 0) is 82.8 Å². The lowest BCUT2D eigenvalue weighted by Crippen LogP contribution is -2.49. The summed E-state index contributed by atoms with van der Waals surface area (Å²) in [6.07, 6.45) is 9.24. The fourth-order valence-electron chi connectivity index (χ4n) is 6.91. The third kappa shape index (κ3) is 5.73. The molecule has 216 valence electrons. The molecule has 3 aromatic heterocycles. The van der Waals surface area contributed by atoms with E-state index in [-0.39, 0.29) is 30.7 Å². The summed E-state index contributed by atoms with van der Waals surface area (Å²) in [5, 5.41) is 2.30. The maximum absolute atomic E-state index is 13.7. The Morgan fingerprint density at radius 1 is 1.02 bits per heavy atom. The number of ether oxygens (including phenoxy) is 1. The van der Waals surface area contributed by atoms with Crippen LogP contribution in [0.25, 0.3) is 21.8 Å². The molecule has 41 heavy (non-hydrogen) atoms. The van der Waals surface area contributed by atoms with Gasteiger partial charge in [-0.15, -0.1) is 0 Å². The van der Waals surface area contributed by atoms with Crippen LogP contribution >= 0.6 is 0 Å². The van der Waals surface area contributed by atoms with Crippen LogP contribution < -0.4 is 5.73 Å². The first-order valence-electron chi connectivity index (χ1n) is 15.2. The van der Waals surface area contributed by atoms with E-state index in [1.54, 1.807) is 0 Å². The van der Waals surface area contributed by atoms with Crippen LogP contribution in [-0.2, 0) is 29.0 Å². The van der Waals surface area contributed by atoms with Crippen molar-refractivity contribution < 1.29 is 9.53 Å². The Balaban J connectivity index is 1.39. The molecule has 0 saturated carbocycles. The quantitative estimate of drug-likeness (QED) is 0.298. The molecule has 0 radical (unpaired) electrons. The molecule has 3 atom stereocenters. The van der Waals surface area contributed by atoms with Crippen LogP contribution in [0.4, 0.5) is 0 Å². The Morgan fingerprint density at radius 2 is 1.85 bits per heavy atom. The summed E-state index contributed by atoms with van der Waals surface area (Å²) < 4.78 is 8.10. The Morgan fingerprint density at radius 3 is 2.68 bits per heavy atom. The van der Waals surface area contributed by atoms with Gasteiger partial charge in [-0.2, -0.15) is 0 Å². The van der Waals surface area contributed by atoms with Crippen LogP contribution in [0.3, 0.4) is 0 Å². The second-order valence-corrected chi connectivity index (χ2v) is 11.7. The zero-order chi connectivity index (χ0) is 28.3. The molecule has 1 aromatic carbocycles. The minimum absolute atomic E-state index is 0.0344. The van der Waals surface area contributed by atoms with E-state index in [9.17, 15) is 4.79 Å². The number of para-hydroxylation sites is 1. The number of morpholine rings is 1. The van der Waals surface area contributed by atoms with Crippen LogP contribution in [-0.4, -0.2) is 68.6 Å². The number of benzene rings is 1. The van der Waals surface area contributed by atoms with E-state index >= 15 is 0 Å². The number of aromatic nitrogens is 3. The molecule has 0 spiro atoms. The maximum atomic E-state index is 13.7. The number of unbranched alkanes of at least 4 members (excludes halogenated alkanes) is 1. The minimum Gasteiger partial charge on any atom is -0.372 e. The second-order valence-electron chi connectivity index (χ2n) is 11.7. The van der Waals surface area contributed by atoms with Crippen molar-refractivity contribution in [1.82, 2.24) is 24.3 Å². The number of pyridine rings is 2. The number of nitrogens with zero attached hydrogens (tertiary/aromatic N) is 5. The highest BCUT2D eigenvalue weighted by molar-refractivity contribution is 6.09. The SMILES string of the molecule is CC1CN(C(=O)Cn2c3ccccc3c3ccnc(CN(CCCCN)[C@H]4CCCc5cccnc54)c32)CC(C)O1. The predicted molar refractivity (Wildman–Crippen MR) is 162 cm³/mol. The number of hydrogen-bond acceptors (Lipinski definition) is 6. The van der Waals surface area contributed by atoms with Crippen molar-refractivity contribution in [2.24, 2.45) is 5.73 Å². The Hall–Kier alpha value is -3.33. The van der Waals surface area contributed by atoms with Crippen molar-refractivity contribution in [3.63, 3.8) is 0 Å². The van der Waals surface area contributed by atoms with E-state index < -0.39 is 0 Å². The topological polar surface area (TPSA) is 89.5 Å². The molecule has 0 bridgehead atoms. The lowest BCUT2D eigenvalue weighted by atomic mass is 9.90. The van der Waals surface area contributed by atoms with Crippen molar-refractivity contribution in [3.05, 3.63) is 71.8 Å². The minimum atomic E-state index is 0.0344. The van der Waals surface area contributed by atoms with Gasteiger partial charge in [0.15, 0.2) is 0 Å². The average Bonchev–Trinajstić information content (AvgIpc) is 3.30. The standard InChI is InChI=1S/C33H42N6O2/c1-23-19-38(20-24(2)41-23)31(40)22-39-29-12-4-3-11-26(29)27-14-17-35-28(33(27)39)21-37(18-6-5-15-34)30-13-7-9-25-10-8-16-36-32(25)30/h3-4,8,10-12,14,16-17,23-24,30H,5-7,9,13,15,18-22,34H2,1-2H3/t23?,24?,30-/m0/s1. The fourth-order valence-corrected chi connectivity index (χ4v) is 6.91. The summed E-state index contributed by atoms with van der Waals surface area (Å²) in [5.41, 5.74) is 11.6. The van der Waals surface area contributed by atoms with Gasteiger partial charge in [-0.25, -0.2) is 0 Å². The molecule has 1 aliphatic carbocycles. The smallest absolute Gasteiger partial charge is 0.242 e. The van der Waals surface area contributed by atoms with Gasteiger partial charge in [-0.3, -0.25) is 19.7 Å². The van der Waals surface area contributed by atoms with Crippen molar-refractivity contribution in [3.8, 4) is 0 Å². The largest absolute Gasteiger partial charge is 0.372 e. The summed E-state index contributed by atoms with van der Waals surface area (Å²) >= 11 is 0. The van der Waals surface area contributed by atoms with Crippen LogP contribution in [0, 0.1) is 0 Å². The molecule has 2 unspecified atom stereocenters. The summed E-state index contributed by atoms with van der Waals surface area (Å²) in [4.78, 5) is 28.1. The van der Waals surface area contributed by atoms with Crippen LogP contribution in [0.1, 0.15) is 62.5 Å². The van der Waals surface area contributed by atoms with E-state index in [4.69, 9.17) is 20.4 Å². The molecular formula is C33H42N6O2. The summed E-state index contributed by atoms with van der Waals surface area (Å²) in [7, 11) is 0. The van der Waals surface area contributed by atoms with Crippen LogP contribution in [0.5, 0.6) is 0 Å². The zero-order valence-electron chi connectivity index (χ0n) is 24.3. The Kier molecular flexibility index (Phi) is 8.32. The molecule has 4 aromatic rings. The van der Waals surface area contributed by atoms with E-state index in [1.165, 1.54) is 11.3 Å². The third-order valence-corrected chi connectivity index (χ3v) is 8.68. The number of nitrogens with two attached hydrogens (primary N) is 1. The number of hydrogen-bond donors (Lipinski definition) is 1. The van der Waals surface area contributed by atoms with E-state index in [0.717, 1.165) is 66.1 Å². The van der Waals surface area contributed by atoms with Gasteiger partial charge < -0.3 is 19.9 Å². The number of aryl methyl sites for hydroxylation is 1. The predicted octanol–water partition coefficient (Wildman–Crippen LogP) is 4.84. The summed E-state index contributed by atoms with van der Waals surface area (Å²) in [5.74, 6) is 0.120. The average molecular weight is 555 g/mol. The fraction of sp³-hybridized carbons (Fsp3) is 0.485. The van der Waals surface area contributed by atoms with E-state index in [1.807, 2.05) is 37.2 Å². The molecular weight excluding hydrogens is 512 g/mol. The molecule has 1 aliphatic heterocycles. The number of fused-ring (bicyclic) bond motifs is 4. The molecule has 8 heteroatoms. The normalized spacial score (nSPS) is 21.1. The monoisotopic (exact) mass is 554 g/mol. The van der Waals surface area contributed by atoms with Crippen molar-refractivity contribution in [1.29, 1.82) is 0 Å². The van der Waals surface area contributed by atoms with Crippen molar-refractivity contribution in [2.45, 2.75) is 77.3 Å². The van der Waals surface area contributed by atoms with Gasteiger partial charge in [-0.1, -0.05) is 24.3 Å². The lowest BCUT2D eigenvalue weighted by Gasteiger charge is -2.36. The number of amides is 1. The van der Waals surface area contributed by atoms with Crippen molar-refractivity contribution >= 4 is 27.7 Å². The third-order valence-electron chi connectivity index (χ3n) is 8.68. The second kappa shape index (κ2) is 12.3. The number of carbonyl (C=O) groups is 1. The first-order valence-corrected chi connectivity index (χ1v) is 15.2. The first kappa shape index (κ1) is 27.8. The first-order chi connectivity index (χ1) is 20.0. The van der Waals surface area contributed by atoms with Gasteiger partial charge in [0.25, 0.3) is 0 Å². The zero-order valence-corrected chi connectivity index (χ0v) is 24.3. The molecule has 8 nitrogen and oxygen atoms in total. The molecule has 1 amide bonds. The lowest BCUT2D eigenvalue weighted by molar-refractivity contribution is -0.143. The van der Waals surface area contributed by atoms with Gasteiger partial charge >= 0.3 is 0 Å². The van der Waals surface area contributed by atoms with Crippen LogP contribution in [0.2, 0.25) is 0 Å². The van der Waals surface area contributed by atoms with Gasteiger partial charge in [0, 0.05) is 48.3 Å². The highest BCUT2D eigenvalue weighted by atomic mass is 16.5. The maximum Gasteiger partial charge on any atom is 0.242 e. The van der Waals surface area contributed by atoms with Crippen molar-refractivity contribution in [2.75, 3.05) is 26.2 Å². The molecule has 6 rings (SSSR count). The molecule has 2 aliphatic rings. The Labute approximate surface area is 242 Å². The summed E-state index contributed by atoms with van der Waals surface area (Å²) in [6.45, 7) is 7.91. The highest BCUT2D eigenvalue weighted by Crippen LogP contribution is 2.36. The number of rotatable bonds is 9. The van der Waals surface area contributed by atoms with E-state index in [0.29, 0.717) is 26.2 Å². The Bertz CT molecular complexity index is 1510. The number of carbonyl (C=O) groups excluding carboxylic acids is 1. The highest BCUT2D eigenvalue weighted by Gasteiger charge is 2.30. The van der Waals surface area contributed by atoms with Gasteiger partial charge in [0.1, 0.15) is 6.54 Å². The molecule has 1 saturated heterocycles. The summed E-state index contributed by atoms with van der Waals surface area (Å²) in [6, 6.07) is 15.0. The molecule has 2 N–H and O–H groups in total. The van der Waals surface area contributed by atoms with Gasteiger partial charge in [0.2, 0.25) is 5.91 Å². The van der Waals surface area contributed by atoms with Gasteiger partial charge in [0.05, 0.1) is 35.2 Å². The molecule has 4 heterocycles.